The molecule has 6 aromatic carbocycles. The van der Waals surface area contributed by atoms with Crippen molar-refractivity contribution in [2.75, 3.05) is 0 Å². The molecule has 53 heavy (non-hydrogen) atoms. The van der Waals surface area contributed by atoms with Crippen LogP contribution in [0.1, 0.15) is 25.3 Å². The molecule has 0 spiro atoms. The number of nitrogens with zero attached hydrogens (tertiary/aromatic N) is 4. The summed E-state index contributed by atoms with van der Waals surface area (Å²) in [7, 11) is -2.28. The summed E-state index contributed by atoms with van der Waals surface area (Å²) in [6.45, 7) is 9.33. The van der Waals surface area contributed by atoms with Crippen molar-refractivity contribution in [1.29, 1.82) is 0 Å². The molecule has 3 aromatic heterocycles. The zero-order valence-electron chi connectivity index (χ0n) is 30.2. The van der Waals surface area contributed by atoms with Gasteiger partial charge < -0.3 is 4.57 Å². The third kappa shape index (κ3) is 5.98. The van der Waals surface area contributed by atoms with Gasteiger partial charge in [-0.05, 0) is 58.3 Å². The number of hydrogen-bond donors (Lipinski definition) is 0. The smallest absolute Gasteiger partial charge is 0.168 e. The predicted molar refractivity (Wildman–Crippen MR) is 220 cm³/mol. The molecular formula is C47H39N4PtSi-. The summed E-state index contributed by atoms with van der Waals surface area (Å²) >= 11 is 0. The molecule has 0 N–H and O–H groups in total. The molecule has 0 saturated carbocycles. The number of imidazole rings is 1. The molecule has 0 bridgehead atoms. The molecule has 6 heteroatoms. The van der Waals surface area contributed by atoms with Crippen molar-refractivity contribution >= 4 is 51.3 Å². The quantitative estimate of drug-likeness (QED) is 0.116. The zero-order chi connectivity index (χ0) is 35.4. The maximum atomic E-state index is 4.97. The molecule has 0 fully saturated rings. The van der Waals surface area contributed by atoms with Gasteiger partial charge in [0.25, 0.3) is 0 Å². The molecule has 262 valence electrons. The van der Waals surface area contributed by atoms with Gasteiger partial charge in [0.1, 0.15) is 11.5 Å². The Hall–Kier alpha value is -5.35. The van der Waals surface area contributed by atoms with Gasteiger partial charge in [-0.3, -0.25) is 0 Å². The largest absolute Gasteiger partial charge is 0.319 e. The topological polar surface area (TPSA) is 27.7 Å². The first kappa shape index (κ1) is 34.7. The van der Waals surface area contributed by atoms with E-state index < -0.39 is 8.07 Å². The van der Waals surface area contributed by atoms with Crippen molar-refractivity contribution in [3.8, 4) is 28.3 Å². The number of rotatable bonds is 7. The molecule has 4 nitrogen and oxygen atoms in total. The molecule has 0 amide bonds. The summed E-state index contributed by atoms with van der Waals surface area (Å²) < 4.78 is 6.81. The van der Waals surface area contributed by atoms with Gasteiger partial charge in [-0.1, -0.05) is 105 Å². The average molecular weight is 883 g/mol. The second-order valence-corrected chi connectivity index (χ2v) is 18.7. The minimum atomic E-state index is -2.28. The number of aromatic nitrogens is 4. The fourth-order valence-corrected chi connectivity index (χ4v) is 9.85. The summed E-state index contributed by atoms with van der Waals surface area (Å²) in [5.74, 6) is 1.32. The summed E-state index contributed by atoms with van der Waals surface area (Å²) in [4.78, 5) is 4.97. The van der Waals surface area contributed by atoms with Crippen LogP contribution in [-0.4, -0.2) is 26.8 Å². The standard InChI is InChI=1S/C47H39N4Si.Pt/c1-33(2)39-19-8-9-20-40(39)34-27-28-48-47(29-34)51-43-22-11-10-21-41(43)42-26-25-38(31-46(42)51)52(3,4)37-18-14-17-36(30-37)50-32-49(35-15-6-5-7-16-35)44-23-12-13-24-45(44)50;/h5-29,32-33H,1-4H3;/q-1;. The first-order valence-electron chi connectivity index (χ1n) is 18.0. The van der Waals surface area contributed by atoms with Crippen LogP contribution in [0.3, 0.4) is 0 Å². The maximum absolute atomic E-state index is 4.97. The van der Waals surface area contributed by atoms with Crippen molar-refractivity contribution in [2.45, 2.75) is 32.9 Å². The molecule has 0 unspecified atom stereocenters. The first-order valence-corrected chi connectivity index (χ1v) is 21.0. The minimum absolute atomic E-state index is 0. The number of hydrogen-bond acceptors (Lipinski definition) is 1. The van der Waals surface area contributed by atoms with Crippen LogP contribution in [0, 0.1) is 12.1 Å². The van der Waals surface area contributed by atoms with E-state index >= 15 is 0 Å². The van der Waals surface area contributed by atoms with Crippen LogP contribution in [0.2, 0.25) is 13.1 Å². The van der Waals surface area contributed by atoms with Crippen LogP contribution < -0.4 is 10.4 Å². The Morgan fingerprint density at radius 1 is 0.623 bits per heavy atom. The second-order valence-electron chi connectivity index (χ2n) is 14.4. The third-order valence-electron chi connectivity index (χ3n) is 10.5. The Morgan fingerprint density at radius 2 is 1.30 bits per heavy atom. The van der Waals surface area contributed by atoms with Crippen LogP contribution in [-0.2, 0) is 21.1 Å². The SMILES string of the molecule is CC(C)c1ccccc1-c1ccnc(-n2c3[c-]c([Si](C)(C)c4[c-]c(-n5[cH+]n(-c6ccccc6)c6ccccc65)ccc4)ccc3c3ccccc32)c1.[Pt]. The third-order valence-corrected chi connectivity index (χ3v) is 13.8. The van der Waals surface area contributed by atoms with Crippen molar-refractivity contribution in [2.24, 2.45) is 0 Å². The fraction of sp³-hybridized carbons (Fsp3) is 0.106. The van der Waals surface area contributed by atoms with Crippen LogP contribution in [0.5, 0.6) is 0 Å². The minimum Gasteiger partial charge on any atom is -0.319 e. The van der Waals surface area contributed by atoms with Crippen LogP contribution in [0.25, 0.3) is 61.2 Å². The van der Waals surface area contributed by atoms with E-state index in [0.717, 1.165) is 39.3 Å². The van der Waals surface area contributed by atoms with Crippen molar-refractivity contribution in [3.63, 3.8) is 0 Å². The number of para-hydroxylation sites is 4. The second kappa shape index (κ2) is 13.9. The summed E-state index contributed by atoms with van der Waals surface area (Å²) in [6.07, 6.45) is 4.12. The monoisotopic (exact) mass is 882 g/mol. The Labute approximate surface area is 326 Å². The van der Waals surface area contributed by atoms with E-state index in [2.05, 4.69) is 205 Å². The zero-order valence-corrected chi connectivity index (χ0v) is 33.5. The van der Waals surface area contributed by atoms with Crippen molar-refractivity contribution < 1.29 is 21.1 Å². The van der Waals surface area contributed by atoms with Crippen LogP contribution >= 0.6 is 0 Å². The molecule has 9 rings (SSSR count). The van der Waals surface area contributed by atoms with Crippen LogP contribution in [0.15, 0.2) is 158 Å². The Bertz CT molecular complexity index is 2760. The van der Waals surface area contributed by atoms with Gasteiger partial charge >= 0.3 is 0 Å². The Balaban J connectivity index is 0.00000400. The molecule has 0 radical (unpaired) electrons. The summed E-state index contributed by atoms with van der Waals surface area (Å²) in [5.41, 5.74) is 10.4. The number of fused-ring (bicyclic) bond motifs is 4. The Kier molecular flexibility index (Phi) is 9.10. The normalized spacial score (nSPS) is 11.8. The van der Waals surface area contributed by atoms with E-state index in [4.69, 9.17) is 4.98 Å². The molecule has 0 aliphatic carbocycles. The van der Waals surface area contributed by atoms with Crippen molar-refractivity contribution in [3.05, 3.63) is 176 Å². The predicted octanol–water partition coefficient (Wildman–Crippen LogP) is 10.4. The van der Waals surface area contributed by atoms with Gasteiger partial charge in [-0.25, -0.2) is 9.55 Å². The van der Waals surface area contributed by atoms with E-state index in [1.165, 1.54) is 37.8 Å². The molecule has 0 aliphatic heterocycles. The molecule has 0 atom stereocenters. The molecule has 0 aliphatic rings. The van der Waals surface area contributed by atoms with Gasteiger partial charge in [0, 0.05) is 50.6 Å². The average Bonchev–Trinajstić information content (AvgIpc) is 3.74. The summed E-state index contributed by atoms with van der Waals surface area (Å²) in [6, 6.07) is 59.8. The van der Waals surface area contributed by atoms with Gasteiger partial charge in [0.05, 0.1) is 8.07 Å². The molecule has 3 heterocycles. The van der Waals surface area contributed by atoms with E-state index in [9.17, 15) is 0 Å². The summed E-state index contributed by atoms with van der Waals surface area (Å²) in [5, 5.41) is 4.85. The number of pyridine rings is 1. The first-order chi connectivity index (χ1) is 25.4. The Morgan fingerprint density at radius 3 is 2.09 bits per heavy atom. The van der Waals surface area contributed by atoms with Crippen molar-refractivity contribution in [1.82, 2.24) is 18.7 Å². The molecule has 0 saturated heterocycles. The van der Waals surface area contributed by atoms with Gasteiger partial charge in [-0.15, -0.1) is 17.5 Å². The van der Waals surface area contributed by atoms with Gasteiger partial charge in [0.2, 0.25) is 0 Å². The van der Waals surface area contributed by atoms with Crippen LogP contribution in [0.4, 0.5) is 0 Å². The van der Waals surface area contributed by atoms with Gasteiger partial charge in [-0.2, -0.15) is 45.3 Å². The number of benzene rings is 6. The van der Waals surface area contributed by atoms with E-state index in [-0.39, 0.29) is 21.1 Å². The van der Waals surface area contributed by atoms with Gasteiger partial charge in [0.15, 0.2) is 17.4 Å². The molecular weight excluding hydrogens is 844 g/mol. The van der Waals surface area contributed by atoms with E-state index in [1.54, 1.807) is 0 Å². The maximum Gasteiger partial charge on any atom is 0.168 e. The van der Waals surface area contributed by atoms with E-state index in [0.29, 0.717) is 5.92 Å². The van der Waals surface area contributed by atoms with E-state index in [1.807, 2.05) is 6.20 Å². The fourth-order valence-electron chi connectivity index (χ4n) is 7.67. The molecule has 9 aromatic rings.